The molecule has 0 fully saturated rings. The summed E-state index contributed by atoms with van der Waals surface area (Å²) in [7, 11) is 0. The van der Waals surface area contributed by atoms with Crippen LogP contribution in [0.25, 0.3) is 0 Å². The first kappa shape index (κ1) is 13.2. The zero-order chi connectivity index (χ0) is 14.1. The second kappa shape index (κ2) is 5.28. The molecule has 0 spiro atoms. The van der Waals surface area contributed by atoms with Gasteiger partial charge in [-0.25, -0.2) is 4.39 Å². The van der Waals surface area contributed by atoms with Crippen molar-refractivity contribution in [2.45, 2.75) is 26.7 Å². The predicted octanol–water partition coefficient (Wildman–Crippen LogP) is 4.27. The molecule has 3 rings (SSSR count). The van der Waals surface area contributed by atoms with E-state index in [1.54, 1.807) is 12.1 Å². The van der Waals surface area contributed by atoms with Crippen molar-refractivity contribution in [2.24, 2.45) is 5.92 Å². The summed E-state index contributed by atoms with van der Waals surface area (Å²) in [6.07, 6.45) is 2.10. The molecule has 2 aromatic rings. The maximum atomic E-state index is 12.9. The molecule has 0 aromatic heterocycles. The molecule has 1 aliphatic rings. The molecule has 0 saturated carbocycles. The van der Waals surface area contributed by atoms with E-state index in [4.69, 9.17) is 0 Å². The van der Waals surface area contributed by atoms with Gasteiger partial charge in [-0.1, -0.05) is 18.2 Å². The Kier molecular flexibility index (Phi) is 3.47. The summed E-state index contributed by atoms with van der Waals surface area (Å²) in [5.41, 5.74) is 6.60. The molecule has 2 aromatic carbocycles. The van der Waals surface area contributed by atoms with Crippen LogP contribution in [0.15, 0.2) is 36.4 Å². The Morgan fingerprint density at radius 1 is 1.10 bits per heavy atom. The third kappa shape index (κ3) is 2.69. The lowest BCUT2D eigenvalue weighted by Gasteiger charge is -2.27. The normalized spacial score (nSPS) is 17.4. The smallest absolute Gasteiger partial charge is 0.123 e. The third-order valence-electron chi connectivity index (χ3n) is 4.25. The number of anilines is 1. The highest BCUT2D eigenvalue weighted by Gasteiger charge is 2.19. The quantitative estimate of drug-likeness (QED) is 0.858. The van der Waals surface area contributed by atoms with Gasteiger partial charge in [0.25, 0.3) is 0 Å². The second-order valence-corrected chi connectivity index (χ2v) is 5.88. The zero-order valence-electron chi connectivity index (χ0n) is 12.0. The summed E-state index contributed by atoms with van der Waals surface area (Å²) in [6.45, 7) is 5.31. The average Bonchev–Trinajstić information content (AvgIpc) is 2.43. The molecule has 1 N–H and O–H groups in total. The van der Waals surface area contributed by atoms with Crippen molar-refractivity contribution in [3.8, 4) is 0 Å². The molecule has 20 heavy (non-hydrogen) atoms. The number of nitrogens with one attached hydrogen (secondary N) is 1. The van der Waals surface area contributed by atoms with Crippen molar-refractivity contribution in [1.82, 2.24) is 0 Å². The summed E-state index contributed by atoms with van der Waals surface area (Å²) in [4.78, 5) is 0. The van der Waals surface area contributed by atoms with Gasteiger partial charge < -0.3 is 5.32 Å². The highest BCUT2D eigenvalue weighted by atomic mass is 19.1. The molecule has 0 bridgehead atoms. The van der Waals surface area contributed by atoms with Crippen molar-refractivity contribution < 1.29 is 4.39 Å². The van der Waals surface area contributed by atoms with Crippen molar-refractivity contribution in [2.75, 3.05) is 11.9 Å². The molecule has 1 unspecified atom stereocenters. The van der Waals surface area contributed by atoms with Gasteiger partial charge in [-0.15, -0.1) is 0 Å². The minimum Gasteiger partial charge on any atom is -0.385 e. The fourth-order valence-corrected chi connectivity index (χ4v) is 2.95. The average molecular weight is 269 g/mol. The Labute approximate surface area is 119 Å². The van der Waals surface area contributed by atoms with Gasteiger partial charge in [0.15, 0.2) is 0 Å². The number of halogens is 1. The maximum absolute atomic E-state index is 12.9. The fourth-order valence-electron chi connectivity index (χ4n) is 2.95. The SMILES string of the molecule is Cc1cc2c(cc1C)NCC(Cc1ccc(F)cc1)C2. The zero-order valence-corrected chi connectivity index (χ0v) is 12.0. The Morgan fingerprint density at radius 3 is 2.55 bits per heavy atom. The van der Waals surface area contributed by atoms with Crippen LogP contribution in [0.5, 0.6) is 0 Å². The van der Waals surface area contributed by atoms with Crippen LogP contribution in [0.4, 0.5) is 10.1 Å². The van der Waals surface area contributed by atoms with Gasteiger partial charge >= 0.3 is 0 Å². The van der Waals surface area contributed by atoms with Crippen molar-refractivity contribution in [3.63, 3.8) is 0 Å². The molecule has 0 radical (unpaired) electrons. The molecular formula is C18H20FN. The van der Waals surface area contributed by atoms with Crippen molar-refractivity contribution in [1.29, 1.82) is 0 Å². The van der Waals surface area contributed by atoms with E-state index in [9.17, 15) is 4.39 Å². The molecule has 1 aliphatic heterocycles. The molecule has 1 heterocycles. The first-order chi connectivity index (χ1) is 9.61. The Hall–Kier alpha value is -1.83. The van der Waals surface area contributed by atoms with Gasteiger partial charge in [0, 0.05) is 12.2 Å². The molecular weight excluding hydrogens is 249 g/mol. The van der Waals surface area contributed by atoms with Crippen LogP contribution in [-0.2, 0) is 12.8 Å². The van der Waals surface area contributed by atoms with Crippen LogP contribution in [0, 0.1) is 25.6 Å². The largest absolute Gasteiger partial charge is 0.385 e. The summed E-state index contributed by atoms with van der Waals surface area (Å²) in [5, 5.41) is 3.54. The van der Waals surface area contributed by atoms with E-state index in [1.165, 1.54) is 27.9 Å². The lowest BCUT2D eigenvalue weighted by molar-refractivity contribution is 0.534. The monoisotopic (exact) mass is 269 g/mol. The summed E-state index contributed by atoms with van der Waals surface area (Å²) in [5.74, 6) is 0.419. The van der Waals surface area contributed by atoms with E-state index in [-0.39, 0.29) is 5.82 Å². The number of aryl methyl sites for hydroxylation is 2. The van der Waals surface area contributed by atoms with E-state index >= 15 is 0 Å². The first-order valence-corrected chi connectivity index (χ1v) is 7.20. The van der Waals surface area contributed by atoms with E-state index in [1.807, 2.05) is 12.1 Å². The molecule has 0 aliphatic carbocycles. The van der Waals surface area contributed by atoms with E-state index < -0.39 is 0 Å². The highest BCUT2D eigenvalue weighted by molar-refractivity contribution is 5.57. The minimum atomic E-state index is -0.160. The van der Waals surface area contributed by atoms with Crippen LogP contribution in [0.3, 0.4) is 0 Å². The number of rotatable bonds is 2. The van der Waals surface area contributed by atoms with Gasteiger partial charge in [-0.05, 0) is 73.1 Å². The first-order valence-electron chi connectivity index (χ1n) is 7.20. The summed E-state index contributed by atoms with van der Waals surface area (Å²) < 4.78 is 12.9. The minimum absolute atomic E-state index is 0.160. The molecule has 1 atom stereocenters. The molecule has 104 valence electrons. The Morgan fingerprint density at radius 2 is 1.80 bits per heavy atom. The topological polar surface area (TPSA) is 12.0 Å². The van der Waals surface area contributed by atoms with Crippen LogP contribution in [0.1, 0.15) is 22.3 Å². The fraction of sp³-hybridized carbons (Fsp3) is 0.333. The molecule has 0 saturated heterocycles. The number of fused-ring (bicyclic) bond motifs is 1. The molecule has 1 nitrogen and oxygen atoms in total. The van der Waals surface area contributed by atoms with Crippen LogP contribution >= 0.6 is 0 Å². The molecule has 2 heteroatoms. The number of hydrogen-bond acceptors (Lipinski definition) is 1. The van der Waals surface area contributed by atoms with Crippen LogP contribution < -0.4 is 5.32 Å². The third-order valence-corrected chi connectivity index (χ3v) is 4.25. The molecule has 0 amide bonds. The van der Waals surface area contributed by atoms with Gasteiger partial charge in [-0.3, -0.25) is 0 Å². The second-order valence-electron chi connectivity index (χ2n) is 5.88. The summed E-state index contributed by atoms with van der Waals surface area (Å²) >= 11 is 0. The lowest BCUT2D eigenvalue weighted by atomic mass is 9.87. The van der Waals surface area contributed by atoms with Crippen LogP contribution in [-0.4, -0.2) is 6.54 Å². The van der Waals surface area contributed by atoms with Gasteiger partial charge in [0.05, 0.1) is 0 Å². The van der Waals surface area contributed by atoms with E-state index in [0.29, 0.717) is 5.92 Å². The van der Waals surface area contributed by atoms with Gasteiger partial charge in [-0.2, -0.15) is 0 Å². The standard InChI is InChI=1S/C18H20FN/c1-12-7-16-10-15(11-20-18(16)8-13(12)2)9-14-3-5-17(19)6-4-14/h3-8,15,20H,9-11H2,1-2H3. The maximum Gasteiger partial charge on any atom is 0.123 e. The Bertz CT molecular complexity index is 616. The van der Waals surface area contributed by atoms with Crippen molar-refractivity contribution >= 4 is 5.69 Å². The Balaban J connectivity index is 1.75. The van der Waals surface area contributed by atoms with Gasteiger partial charge in [0.1, 0.15) is 5.82 Å². The number of hydrogen-bond donors (Lipinski definition) is 1. The van der Waals surface area contributed by atoms with E-state index in [0.717, 1.165) is 19.4 Å². The lowest BCUT2D eigenvalue weighted by Crippen LogP contribution is -2.25. The van der Waals surface area contributed by atoms with Crippen LogP contribution in [0.2, 0.25) is 0 Å². The summed E-state index contributed by atoms with van der Waals surface area (Å²) in [6, 6.07) is 11.4. The predicted molar refractivity (Wildman–Crippen MR) is 81.7 cm³/mol. The van der Waals surface area contributed by atoms with Crippen molar-refractivity contribution in [3.05, 3.63) is 64.5 Å². The highest BCUT2D eigenvalue weighted by Crippen LogP contribution is 2.29. The van der Waals surface area contributed by atoms with E-state index in [2.05, 4.69) is 31.3 Å². The number of benzene rings is 2. The van der Waals surface area contributed by atoms with Gasteiger partial charge in [0.2, 0.25) is 0 Å².